The van der Waals surface area contributed by atoms with Gasteiger partial charge in [0.2, 0.25) is 17.7 Å². The first-order chi connectivity index (χ1) is 28.2. The molecule has 0 radical (unpaired) electrons. The number of likely N-dealkylation sites (tertiary alicyclic amines) is 2. The Bertz CT molecular complexity index is 2130. The maximum absolute atomic E-state index is 14.8. The first-order valence-electron chi connectivity index (χ1n) is 20.8. The fourth-order valence-electron chi connectivity index (χ4n) is 8.73. The van der Waals surface area contributed by atoms with Crippen LogP contribution >= 0.6 is 0 Å². The highest BCUT2D eigenvalue weighted by Crippen LogP contribution is 2.39. The largest absolute Gasteiger partial charge is 0.391 e. The molecular formula is C43H60F2N8O6. The van der Waals surface area contributed by atoms with Gasteiger partial charge in [0.05, 0.1) is 35.7 Å². The quantitative estimate of drug-likeness (QED) is 0.0720. The number of nitrogens with one attached hydrogen (secondary N) is 6. The van der Waals surface area contributed by atoms with Crippen LogP contribution in [-0.2, 0) is 27.2 Å². The third-order valence-corrected chi connectivity index (χ3v) is 12.4. The highest BCUT2D eigenvalue weighted by atomic mass is 19.1. The number of likely N-dealkylation sites (N-methyl/N-ethyl adjacent to an activating group) is 2. The van der Waals surface area contributed by atoms with Gasteiger partial charge in [-0.15, -0.1) is 0 Å². The second-order valence-electron chi connectivity index (χ2n) is 16.3. The standard InChI is InChI=1S/C43H60F2N8O6/c1-7-34(50-40(56)22(3)46-5)42(58)52-20-28(54)17-26(52)11-14-32-30-12-9-24(44)15-36(30)48-38(32)39-33(31-13-10-25(45)16-37(31)49-39)19-27-18-29(55)21-53(27)43(59)35(8-2)51-41(57)23(4)47-6/h9-10,12-13,15-16,22-23,26-29,34-35,41,46-49,51,54-55,57H,7-8,11,14,17-21H2,1-6H3,(H,50,56)/t22-,23-,26+,27-,28-,29-,34-,35-,41?/m0/s1. The van der Waals surface area contributed by atoms with Crippen LogP contribution in [0.1, 0.15) is 70.9 Å². The molecule has 9 atom stereocenters. The number of fused-ring (bicyclic) bond motifs is 2. The predicted octanol–water partition coefficient (Wildman–Crippen LogP) is 2.79. The lowest BCUT2D eigenvalue weighted by atomic mass is 9.95. The number of aromatic amines is 2. The molecular weight excluding hydrogens is 763 g/mol. The molecule has 14 nitrogen and oxygen atoms in total. The molecule has 2 fully saturated rings. The van der Waals surface area contributed by atoms with Crippen LogP contribution in [0.3, 0.4) is 0 Å². The number of aliphatic hydroxyl groups is 3. The van der Waals surface area contributed by atoms with Gasteiger partial charge in [-0.2, -0.15) is 0 Å². The van der Waals surface area contributed by atoms with Gasteiger partial charge in [0.1, 0.15) is 23.9 Å². The molecule has 322 valence electrons. The van der Waals surface area contributed by atoms with Gasteiger partial charge in [-0.3, -0.25) is 19.7 Å². The average molecular weight is 823 g/mol. The number of nitrogens with zero attached hydrogens (tertiary/aromatic N) is 2. The van der Waals surface area contributed by atoms with Crippen LogP contribution in [-0.4, -0.2) is 135 Å². The predicted molar refractivity (Wildman–Crippen MR) is 222 cm³/mol. The van der Waals surface area contributed by atoms with Gasteiger partial charge in [-0.1, -0.05) is 13.8 Å². The Kier molecular flexibility index (Phi) is 14.1. The van der Waals surface area contributed by atoms with Gasteiger partial charge in [0.25, 0.3) is 0 Å². The molecule has 0 aliphatic carbocycles. The van der Waals surface area contributed by atoms with Crippen molar-refractivity contribution in [1.82, 2.24) is 41.0 Å². The number of amides is 3. The Hall–Kier alpha value is -4.45. The number of rotatable bonds is 17. The highest BCUT2D eigenvalue weighted by Gasteiger charge is 2.40. The molecule has 16 heteroatoms. The normalized spacial score (nSPS) is 22.2. The summed E-state index contributed by atoms with van der Waals surface area (Å²) in [5.41, 5.74) is 3.93. The van der Waals surface area contributed by atoms with E-state index in [1.54, 1.807) is 49.9 Å². The van der Waals surface area contributed by atoms with Crippen LogP contribution in [0.4, 0.5) is 8.78 Å². The summed E-state index contributed by atoms with van der Waals surface area (Å²) in [7, 11) is 3.39. The van der Waals surface area contributed by atoms with Gasteiger partial charge in [-0.25, -0.2) is 8.78 Å². The van der Waals surface area contributed by atoms with Crippen molar-refractivity contribution in [2.24, 2.45) is 0 Å². The van der Waals surface area contributed by atoms with Crippen LogP contribution in [0.2, 0.25) is 0 Å². The molecule has 2 aromatic carbocycles. The lowest BCUT2D eigenvalue weighted by Crippen LogP contribution is -2.55. The molecule has 0 bridgehead atoms. The zero-order chi connectivity index (χ0) is 42.7. The van der Waals surface area contributed by atoms with Crippen molar-refractivity contribution in [2.75, 3.05) is 27.2 Å². The number of carbonyl (C=O) groups is 3. The van der Waals surface area contributed by atoms with Crippen molar-refractivity contribution in [2.45, 2.75) is 127 Å². The van der Waals surface area contributed by atoms with E-state index in [2.05, 4.69) is 31.2 Å². The minimum atomic E-state index is -0.987. The number of H-pyrrole nitrogens is 2. The first-order valence-corrected chi connectivity index (χ1v) is 20.8. The van der Waals surface area contributed by atoms with Crippen LogP contribution in [0, 0.1) is 11.6 Å². The van der Waals surface area contributed by atoms with E-state index in [9.17, 15) is 38.5 Å². The topological polar surface area (TPSA) is 198 Å². The fourth-order valence-corrected chi connectivity index (χ4v) is 8.73. The average Bonchev–Trinajstić information content (AvgIpc) is 3.98. The molecule has 4 heterocycles. The lowest BCUT2D eigenvalue weighted by molar-refractivity contribution is -0.138. The van der Waals surface area contributed by atoms with Crippen molar-refractivity contribution >= 4 is 39.5 Å². The van der Waals surface area contributed by atoms with E-state index in [1.165, 1.54) is 24.3 Å². The molecule has 0 saturated carbocycles. The number of hydrogen-bond donors (Lipinski definition) is 9. The van der Waals surface area contributed by atoms with Crippen molar-refractivity contribution in [1.29, 1.82) is 0 Å². The van der Waals surface area contributed by atoms with Crippen LogP contribution in [0.25, 0.3) is 33.2 Å². The fraction of sp³-hybridized carbons (Fsp3) is 0.558. The summed E-state index contributed by atoms with van der Waals surface area (Å²) in [4.78, 5) is 50.9. The Labute approximate surface area is 343 Å². The monoisotopic (exact) mass is 822 g/mol. The number of benzene rings is 2. The maximum Gasteiger partial charge on any atom is 0.245 e. The summed E-state index contributed by atoms with van der Waals surface area (Å²) in [6, 6.07) is 5.89. The van der Waals surface area contributed by atoms with Gasteiger partial charge < -0.3 is 51.0 Å². The summed E-state index contributed by atoms with van der Waals surface area (Å²) >= 11 is 0. The van der Waals surface area contributed by atoms with E-state index in [0.29, 0.717) is 67.4 Å². The van der Waals surface area contributed by atoms with Crippen molar-refractivity contribution in [3.05, 3.63) is 59.2 Å². The number of aryl methyl sites for hydroxylation is 1. The van der Waals surface area contributed by atoms with E-state index in [0.717, 1.165) is 21.9 Å². The number of halogens is 2. The summed E-state index contributed by atoms with van der Waals surface area (Å²) in [6.45, 7) is 7.43. The molecule has 2 aliphatic heterocycles. The van der Waals surface area contributed by atoms with E-state index in [1.807, 2.05) is 13.8 Å². The van der Waals surface area contributed by atoms with E-state index >= 15 is 0 Å². The van der Waals surface area contributed by atoms with Crippen molar-refractivity contribution in [3.63, 3.8) is 0 Å². The Morgan fingerprint density at radius 3 is 1.88 bits per heavy atom. The van der Waals surface area contributed by atoms with Crippen LogP contribution in [0.5, 0.6) is 0 Å². The molecule has 4 aromatic rings. The molecule has 9 N–H and O–H groups in total. The molecule has 2 aliphatic rings. The third kappa shape index (κ3) is 9.48. The Morgan fingerprint density at radius 1 is 0.797 bits per heavy atom. The summed E-state index contributed by atoms with van der Waals surface area (Å²) < 4.78 is 29.5. The molecule has 0 spiro atoms. The molecule has 3 amide bonds. The zero-order valence-corrected chi connectivity index (χ0v) is 34.7. The number of β-amino-alcohol motifs (C(OH)–C–C–N with tert-alkyl or cyclic N) is 2. The molecule has 1 unspecified atom stereocenters. The van der Waals surface area contributed by atoms with Gasteiger partial charge in [-0.05, 0) is 120 Å². The van der Waals surface area contributed by atoms with Crippen LogP contribution in [0.15, 0.2) is 36.4 Å². The van der Waals surface area contributed by atoms with Gasteiger partial charge >= 0.3 is 0 Å². The molecule has 2 saturated heterocycles. The van der Waals surface area contributed by atoms with Crippen molar-refractivity contribution in [3.8, 4) is 11.4 Å². The van der Waals surface area contributed by atoms with Crippen LogP contribution < -0.4 is 21.3 Å². The first kappa shape index (κ1) is 44.1. The number of hydrogen-bond acceptors (Lipinski definition) is 9. The lowest BCUT2D eigenvalue weighted by Gasteiger charge is -2.31. The second kappa shape index (κ2) is 18.9. The van der Waals surface area contributed by atoms with E-state index < -0.39 is 54.2 Å². The van der Waals surface area contributed by atoms with Crippen molar-refractivity contribution < 1.29 is 38.5 Å². The van der Waals surface area contributed by atoms with Gasteiger partial charge in [0, 0.05) is 53.0 Å². The summed E-state index contributed by atoms with van der Waals surface area (Å²) in [6.07, 6.45) is 0.0712. The summed E-state index contributed by atoms with van der Waals surface area (Å²) in [5, 5.41) is 45.7. The minimum Gasteiger partial charge on any atom is -0.391 e. The van der Waals surface area contributed by atoms with E-state index in [4.69, 9.17) is 0 Å². The number of aliphatic hydroxyl groups excluding tert-OH is 3. The zero-order valence-electron chi connectivity index (χ0n) is 34.7. The van der Waals surface area contributed by atoms with E-state index in [-0.39, 0.29) is 42.9 Å². The second-order valence-corrected chi connectivity index (χ2v) is 16.3. The SMILES string of the molecule is CC[C@H](NC(=O)[C@H](C)NC)C(=O)N1C[C@@H](O)C[C@H]1CCc1c(-c2[nH]c3cc(F)ccc3c2C[C@@H]2C[C@H](O)CN2C(=O)[C@H](CC)NC(O)[C@H](C)NC)[nH]c2cc(F)ccc12. The third-order valence-electron chi connectivity index (χ3n) is 12.4. The Morgan fingerprint density at radius 2 is 1.32 bits per heavy atom. The number of carbonyl (C=O) groups excluding carboxylic acids is 3. The maximum atomic E-state index is 14.8. The van der Waals surface area contributed by atoms with Gasteiger partial charge in [0.15, 0.2) is 0 Å². The minimum absolute atomic E-state index is 0.113. The smallest absolute Gasteiger partial charge is 0.245 e. The molecule has 6 rings (SSSR count). The molecule has 2 aromatic heterocycles. The highest BCUT2D eigenvalue weighted by molar-refractivity contribution is 5.96. The number of aromatic nitrogens is 2. The Balaban J connectivity index is 1.35. The molecule has 59 heavy (non-hydrogen) atoms. The summed E-state index contributed by atoms with van der Waals surface area (Å²) in [5.74, 6) is -1.69.